The molecule has 8 nitrogen and oxygen atoms in total. The summed E-state index contributed by atoms with van der Waals surface area (Å²) in [6, 6.07) is 7.45. The highest BCUT2D eigenvalue weighted by molar-refractivity contribution is 5.58. The van der Waals surface area contributed by atoms with Crippen molar-refractivity contribution in [3.63, 3.8) is 0 Å². The molecule has 136 valence electrons. The van der Waals surface area contributed by atoms with Crippen molar-refractivity contribution in [2.24, 2.45) is 0 Å². The summed E-state index contributed by atoms with van der Waals surface area (Å²) in [5, 5.41) is 9.66. The first-order chi connectivity index (χ1) is 12.1. The molecule has 0 saturated heterocycles. The highest BCUT2D eigenvalue weighted by Crippen LogP contribution is 2.17. The van der Waals surface area contributed by atoms with Gasteiger partial charge in [-0.05, 0) is 57.7 Å². The van der Waals surface area contributed by atoms with Crippen molar-refractivity contribution in [2.75, 3.05) is 55.4 Å². The Kier molecular flexibility index (Phi) is 7.21. The lowest BCUT2D eigenvalue weighted by atomic mass is 10.3. The summed E-state index contributed by atoms with van der Waals surface area (Å²) in [5.74, 6) is 1.61. The Bertz CT molecular complexity index is 642. The molecule has 0 amide bonds. The molecule has 8 heteroatoms. The number of aromatic nitrogens is 3. The van der Waals surface area contributed by atoms with Crippen molar-refractivity contribution in [2.45, 2.75) is 19.8 Å². The lowest BCUT2D eigenvalue weighted by Crippen LogP contribution is -2.17. The van der Waals surface area contributed by atoms with Gasteiger partial charge in [0.05, 0.1) is 0 Å². The highest BCUT2D eigenvalue weighted by Gasteiger charge is 2.07. The van der Waals surface area contributed by atoms with E-state index in [1.54, 1.807) is 0 Å². The SMILES string of the molecule is CCCNc1nc(NCCCN(C)C)nc(Nc2ccc(N)cc2)n1. The van der Waals surface area contributed by atoms with Crippen LogP contribution in [0.5, 0.6) is 0 Å². The van der Waals surface area contributed by atoms with Crippen LogP contribution in [0, 0.1) is 0 Å². The van der Waals surface area contributed by atoms with Crippen LogP contribution >= 0.6 is 0 Å². The maximum absolute atomic E-state index is 5.72. The molecule has 5 N–H and O–H groups in total. The first-order valence-electron chi connectivity index (χ1n) is 8.58. The minimum absolute atomic E-state index is 0.494. The Hall–Kier alpha value is -2.61. The molecule has 1 aromatic carbocycles. The minimum Gasteiger partial charge on any atom is -0.399 e. The minimum atomic E-state index is 0.494. The number of nitrogens with one attached hydrogen (secondary N) is 3. The fourth-order valence-corrected chi connectivity index (χ4v) is 2.12. The normalized spacial score (nSPS) is 10.7. The van der Waals surface area contributed by atoms with Gasteiger partial charge in [0.1, 0.15) is 0 Å². The van der Waals surface area contributed by atoms with Gasteiger partial charge >= 0.3 is 0 Å². The number of anilines is 5. The monoisotopic (exact) mass is 344 g/mol. The van der Waals surface area contributed by atoms with Crippen LogP contribution in [0.3, 0.4) is 0 Å². The number of benzene rings is 1. The first-order valence-corrected chi connectivity index (χ1v) is 8.58. The molecule has 0 radical (unpaired) electrons. The van der Waals surface area contributed by atoms with E-state index in [4.69, 9.17) is 5.73 Å². The van der Waals surface area contributed by atoms with Gasteiger partial charge in [0, 0.05) is 24.5 Å². The van der Waals surface area contributed by atoms with Crippen molar-refractivity contribution in [3.05, 3.63) is 24.3 Å². The molecule has 2 aromatic rings. The van der Waals surface area contributed by atoms with E-state index < -0.39 is 0 Å². The Morgan fingerprint density at radius 3 is 2.12 bits per heavy atom. The summed E-state index contributed by atoms with van der Waals surface area (Å²) in [5.41, 5.74) is 7.31. The Morgan fingerprint density at radius 2 is 1.52 bits per heavy atom. The molecule has 1 heterocycles. The van der Waals surface area contributed by atoms with E-state index in [9.17, 15) is 0 Å². The maximum atomic E-state index is 5.72. The molecular weight excluding hydrogens is 316 g/mol. The van der Waals surface area contributed by atoms with Crippen LogP contribution in [0.15, 0.2) is 24.3 Å². The standard InChI is InChI=1S/C17H28N8/c1-4-10-19-15-22-16(20-11-5-12-25(2)3)24-17(23-15)21-14-8-6-13(18)7-9-14/h6-9H,4-5,10-12,18H2,1-3H3,(H3,19,20,21,22,23,24). The fourth-order valence-electron chi connectivity index (χ4n) is 2.12. The average Bonchev–Trinajstić information content (AvgIpc) is 2.59. The maximum Gasteiger partial charge on any atom is 0.233 e. The van der Waals surface area contributed by atoms with Gasteiger partial charge in [-0.25, -0.2) is 0 Å². The highest BCUT2D eigenvalue weighted by atomic mass is 15.3. The smallest absolute Gasteiger partial charge is 0.233 e. The average molecular weight is 344 g/mol. The largest absolute Gasteiger partial charge is 0.399 e. The molecule has 1 aromatic heterocycles. The van der Waals surface area contributed by atoms with Gasteiger partial charge in [0.2, 0.25) is 17.8 Å². The summed E-state index contributed by atoms with van der Waals surface area (Å²) in [4.78, 5) is 15.4. The quantitative estimate of drug-likeness (QED) is 0.385. The zero-order valence-corrected chi connectivity index (χ0v) is 15.2. The van der Waals surface area contributed by atoms with E-state index in [0.717, 1.165) is 43.9 Å². The molecule has 0 fully saturated rings. The second kappa shape index (κ2) is 9.63. The van der Waals surface area contributed by atoms with Gasteiger partial charge in [-0.1, -0.05) is 6.92 Å². The van der Waals surface area contributed by atoms with Crippen LogP contribution in [-0.2, 0) is 0 Å². The van der Waals surface area contributed by atoms with Gasteiger partial charge in [-0.3, -0.25) is 0 Å². The Balaban J connectivity index is 2.07. The van der Waals surface area contributed by atoms with E-state index in [-0.39, 0.29) is 0 Å². The number of hydrogen-bond donors (Lipinski definition) is 4. The Morgan fingerprint density at radius 1 is 0.920 bits per heavy atom. The van der Waals surface area contributed by atoms with Crippen molar-refractivity contribution < 1.29 is 0 Å². The third-order valence-electron chi connectivity index (χ3n) is 3.40. The third kappa shape index (κ3) is 6.80. The number of nitrogen functional groups attached to an aromatic ring is 1. The van der Waals surface area contributed by atoms with Crippen molar-refractivity contribution in [1.82, 2.24) is 19.9 Å². The van der Waals surface area contributed by atoms with Crippen LogP contribution in [-0.4, -0.2) is 53.6 Å². The van der Waals surface area contributed by atoms with Crippen LogP contribution in [0.4, 0.5) is 29.2 Å². The van der Waals surface area contributed by atoms with Gasteiger partial charge < -0.3 is 26.6 Å². The van der Waals surface area contributed by atoms with Crippen molar-refractivity contribution >= 4 is 29.2 Å². The summed E-state index contributed by atoms with van der Waals surface area (Å²) >= 11 is 0. The van der Waals surface area contributed by atoms with E-state index in [0.29, 0.717) is 17.8 Å². The summed E-state index contributed by atoms with van der Waals surface area (Å²) in [6.45, 7) is 4.72. The first kappa shape index (κ1) is 18.7. The summed E-state index contributed by atoms with van der Waals surface area (Å²) in [7, 11) is 4.12. The Labute approximate surface area is 149 Å². The van der Waals surface area contributed by atoms with E-state index in [1.165, 1.54) is 0 Å². The molecule has 0 bridgehead atoms. The van der Waals surface area contributed by atoms with Gasteiger partial charge in [0.15, 0.2) is 0 Å². The molecule has 0 aliphatic rings. The molecular formula is C17H28N8. The summed E-state index contributed by atoms with van der Waals surface area (Å²) < 4.78 is 0. The van der Waals surface area contributed by atoms with Gasteiger partial charge in [0.25, 0.3) is 0 Å². The number of hydrogen-bond acceptors (Lipinski definition) is 8. The topological polar surface area (TPSA) is 104 Å². The molecule has 0 aliphatic heterocycles. The van der Waals surface area contributed by atoms with E-state index in [1.807, 2.05) is 24.3 Å². The molecule has 0 spiro atoms. The number of nitrogens with two attached hydrogens (primary N) is 1. The predicted molar refractivity (Wildman–Crippen MR) is 104 cm³/mol. The second-order valence-corrected chi connectivity index (χ2v) is 6.06. The number of nitrogens with zero attached hydrogens (tertiary/aromatic N) is 4. The fraction of sp³-hybridized carbons (Fsp3) is 0.471. The molecule has 0 atom stereocenters. The zero-order valence-electron chi connectivity index (χ0n) is 15.2. The van der Waals surface area contributed by atoms with Crippen molar-refractivity contribution in [3.8, 4) is 0 Å². The van der Waals surface area contributed by atoms with Crippen LogP contribution < -0.4 is 21.7 Å². The molecule has 0 unspecified atom stereocenters. The molecule has 2 rings (SSSR count). The van der Waals surface area contributed by atoms with Gasteiger partial charge in [-0.2, -0.15) is 15.0 Å². The molecule has 25 heavy (non-hydrogen) atoms. The predicted octanol–water partition coefficient (Wildman–Crippen LogP) is 2.38. The number of rotatable bonds is 10. The van der Waals surface area contributed by atoms with E-state index >= 15 is 0 Å². The van der Waals surface area contributed by atoms with E-state index in [2.05, 4.69) is 56.8 Å². The lowest BCUT2D eigenvalue weighted by Gasteiger charge is -2.12. The van der Waals surface area contributed by atoms with Crippen molar-refractivity contribution in [1.29, 1.82) is 0 Å². The van der Waals surface area contributed by atoms with Gasteiger partial charge in [-0.15, -0.1) is 0 Å². The molecule has 0 aliphatic carbocycles. The van der Waals surface area contributed by atoms with Crippen LogP contribution in [0.2, 0.25) is 0 Å². The lowest BCUT2D eigenvalue weighted by molar-refractivity contribution is 0.405. The van der Waals surface area contributed by atoms with Crippen LogP contribution in [0.25, 0.3) is 0 Å². The molecule has 0 saturated carbocycles. The third-order valence-corrected chi connectivity index (χ3v) is 3.40. The van der Waals surface area contributed by atoms with Crippen LogP contribution in [0.1, 0.15) is 19.8 Å². The summed E-state index contributed by atoms with van der Waals surface area (Å²) in [6.07, 6.45) is 2.01. The second-order valence-electron chi connectivity index (χ2n) is 6.06. The zero-order chi connectivity index (χ0) is 18.1.